The first-order chi connectivity index (χ1) is 13.1. The largest absolute Gasteiger partial charge is 0.401 e. The van der Waals surface area contributed by atoms with Crippen molar-refractivity contribution in [3.63, 3.8) is 0 Å². The highest BCUT2D eigenvalue weighted by Gasteiger charge is 2.34. The lowest BCUT2D eigenvalue weighted by molar-refractivity contribution is -0.143. The number of pyridine rings is 1. The molecule has 3 heterocycles. The number of sulfonamides is 1. The molecule has 0 amide bonds. The number of alkyl halides is 3. The topological polar surface area (TPSA) is 68.8 Å². The van der Waals surface area contributed by atoms with Crippen molar-refractivity contribution < 1.29 is 21.6 Å². The second-order valence-corrected chi connectivity index (χ2v) is 9.41. The number of likely N-dealkylation sites (N-methyl/N-ethyl adjacent to an activating group) is 1. The number of likely N-dealkylation sites (tertiary alicyclic amines) is 1. The Morgan fingerprint density at radius 2 is 1.89 bits per heavy atom. The molecule has 1 atom stereocenters. The lowest BCUT2D eigenvalue weighted by Crippen LogP contribution is -2.47. The maximum atomic E-state index is 12.7. The van der Waals surface area contributed by atoms with E-state index in [1.165, 1.54) is 21.5 Å². The van der Waals surface area contributed by atoms with Crippen molar-refractivity contribution >= 4 is 15.8 Å². The summed E-state index contributed by atoms with van der Waals surface area (Å²) < 4.78 is 64.2. The third-order valence-corrected chi connectivity index (χ3v) is 7.06. The van der Waals surface area contributed by atoms with Crippen LogP contribution in [-0.2, 0) is 10.0 Å². The van der Waals surface area contributed by atoms with Gasteiger partial charge < -0.3 is 10.2 Å². The third kappa shape index (κ3) is 5.56. The van der Waals surface area contributed by atoms with E-state index in [4.69, 9.17) is 0 Å². The average molecular weight is 421 g/mol. The Labute approximate surface area is 163 Å². The number of hydrogen-bond acceptors (Lipinski definition) is 6. The summed E-state index contributed by atoms with van der Waals surface area (Å²) in [5.41, 5.74) is 0. The lowest BCUT2D eigenvalue weighted by atomic mass is 10.1. The molecule has 2 aliphatic heterocycles. The fraction of sp³-hybridized carbons (Fsp3) is 0.706. The lowest BCUT2D eigenvalue weighted by Gasteiger charge is -2.31. The van der Waals surface area contributed by atoms with Gasteiger partial charge in [0.05, 0.1) is 6.54 Å². The van der Waals surface area contributed by atoms with Crippen LogP contribution < -0.4 is 5.32 Å². The highest BCUT2D eigenvalue weighted by atomic mass is 32.2. The van der Waals surface area contributed by atoms with Gasteiger partial charge in [0.15, 0.2) is 0 Å². The molecule has 0 saturated carbocycles. The Balaban J connectivity index is 1.51. The number of hydrogen-bond donors (Lipinski definition) is 1. The summed E-state index contributed by atoms with van der Waals surface area (Å²) in [5, 5.41) is 3.10. The maximum Gasteiger partial charge on any atom is 0.401 e. The zero-order valence-corrected chi connectivity index (χ0v) is 16.6. The van der Waals surface area contributed by atoms with E-state index >= 15 is 0 Å². The van der Waals surface area contributed by atoms with Gasteiger partial charge in [-0.2, -0.15) is 17.5 Å². The van der Waals surface area contributed by atoms with Crippen molar-refractivity contribution in [2.75, 3.05) is 64.7 Å². The number of halogens is 3. The van der Waals surface area contributed by atoms with Gasteiger partial charge in [0.2, 0.25) is 10.0 Å². The molecule has 0 spiro atoms. The van der Waals surface area contributed by atoms with Crippen LogP contribution in [0.1, 0.15) is 6.42 Å². The van der Waals surface area contributed by atoms with Gasteiger partial charge in [0, 0.05) is 45.5 Å². The average Bonchev–Trinajstić information content (AvgIpc) is 3.06. The van der Waals surface area contributed by atoms with Crippen LogP contribution >= 0.6 is 0 Å². The molecule has 0 radical (unpaired) electrons. The number of nitrogens with one attached hydrogen (secondary N) is 1. The van der Waals surface area contributed by atoms with Gasteiger partial charge in [-0.05, 0) is 38.1 Å². The minimum absolute atomic E-state index is 0.109. The zero-order chi connectivity index (χ0) is 20.4. The van der Waals surface area contributed by atoms with Crippen LogP contribution in [-0.4, -0.2) is 93.1 Å². The fourth-order valence-corrected chi connectivity index (χ4v) is 4.91. The standard InChI is InChI=1S/C17H26F3N5O2S/c1-23-6-8-25(9-7-23)28(26,27)15-2-3-16(22-11-15)21-10-14-4-5-24(12-14)13-17(18,19)20/h2-3,11,14H,4-10,12-13H2,1H3,(H,21,22). The van der Waals surface area contributed by atoms with E-state index in [-0.39, 0.29) is 10.8 Å². The van der Waals surface area contributed by atoms with Gasteiger partial charge in [-0.15, -0.1) is 0 Å². The predicted molar refractivity (Wildman–Crippen MR) is 99.6 cm³/mol. The van der Waals surface area contributed by atoms with Crippen LogP contribution in [0.25, 0.3) is 0 Å². The van der Waals surface area contributed by atoms with Gasteiger partial charge in [-0.25, -0.2) is 13.4 Å². The monoisotopic (exact) mass is 421 g/mol. The molecule has 28 heavy (non-hydrogen) atoms. The van der Waals surface area contributed by atoms with Crippen molar-refractivity contribution in [3.05, 3.63) is 18.3 Å². The van der Waals surface area contributed by atoms with E-state index < -0.39 is 22.7 Å². The molecule has 1 unspecified atom stereocenters. The molecule has 2 saturated heterocycles. The van der Waals surface area contributed by atoms with E-state index in [9.17, 15) is 21.6 Å². The van der Waals surface area contributed by atoms with Crippen LogP contribution in [0.5, 0.6) is 0 Å². The third-order valence-electron chi connectivity index (χ3n) is 5.18. The molecule has 1 aromatic rings. The number of anilines is 1. The highest BCUT2D eigenvalue weighted by molar-refractivity contribution is 7.89. The quantitative estimate of drug-likeness (QED) is 0.747. The summed E-state index contributed by atoms with van der Waals surface area (Å²) in [5.74, 6) is 0.629. The molecular formula is C17H26F3N5O2S. The van der Waals surface area contributed by atoms with Crippen molar-refractivity contribution in [3.8, 4) is 0 Å². The van der Waals surface area contributed by atoms with E-state index in [0.29, 0.717) is 58.1 Å². The van der Waals surface area contributed by atoms with Crippen LogP contribution in [0.2, 0.25) is 0 Å². The van der Waals surface area contributed by atoms with E-state index in [0.717, 1.165) is 0 Å². The summed E-state index contributed by atoms with van der Waals surface area (Å²) >= 11 is 0. The Morgan fingerprint density at radius 1 is 1.18 bits per heavy atom. The number of piperazine rings is 1. The van der Waals surface area contributed by atoms with Crippen LogP contribution in [0, 0.1) is 5.92 Å². The Kier molecular flexibility index (Phi) is 6.47. The van der Waals surface area contributed by atoms with Crippen molar-refractivity contribution in [2.45, 2.75) is 17.5 Å². The maximum absolute atomic E-state index is 12.7. The molecule has 2 aliphatic rings. The fourth-order valence-electron chi connectivity index (χ4n) is 3.54. The van der Waals surface area contributed by atoms with E-state index in [2.05, 4.69) is 15.2 Å². The summed E-state index contributed by atoms with van der Waals surface area (Å²) in [4.78, 5) is 7.81. The number of nitrogens with zero attached hydrogens (tertiary/aromatic N) is 4. The predicted octanol–water partition coefficient (Wildman–Crippen LogP) is 1.31. The second kappa shape index (κ2) is 8.52. The van der Waals surface area contributed by atoms with E-state index in [1.807, 2.05) is 7.05 Å². The van der Waals surface area contributed by atoms with Gasteiger partial charge >= 0.3 is 6.18 Å². The molecule has 1 N–H and O–H groups in total. The first-order valence-electron chi connectivity index (χ1n) is 9.31. The summed E-state index contributed by atoms with van der Waals surface area (Å²) in [6.45, 7) is 2.75. The SMILES string of the molecule is CN1CCN(S(=O)(=O)c2ccc(NCC3CCN(CC(F)(F)F)C3)nc2)CC1. The van der Waals surface area contributed by atoms with Gasteiger partial charge in [0.1, 0.15) is 10.7 Å². The first-order valence-corrected chi connectivity index (χ1v) is 10.8. The number of rotatable bonds is 6. The highest BCUT2D eigenvalue weighted by Crippen LogP contribution is 2.23. The molecule has 1 aromatic heterocycles. The van der Waals surface area contributed by atoms with Crippen LogP contribution in [0.3, 0.4) is 0 Å². The molecule has 2 fully saturated rings. The Bertz CT molecular complexity index is 749. The minimum Gasteiger partial charge on any atom is -0.370 e. The molecule has 3 rings (SSSR count). The summed E-state index contributed by atoms with van der Waals surface area (Å²) in [7, 11) is -1.60. The molecule has 0 aromatic carbocycles. The molecular weight excluding hydrogens is 395 g/mol. The van der Waals surface area contributed by atoms with E-state index in [1.54, 1.807) is 6.07 Å². The molecule has 158 valence electrons. The minimum atomic E-state index is -4.17. The van der Waals surface area contributed by atoms with Crippen LogP contribution in [0.4, 0.5) is 19.0 Å². The summed E-state index contributed by atoms with van der Waals surface area (Å²) in [6, 6.07) is 3.12. The first kappa shape index (κ1) is 21.3. The van der Waals surface area contributed by atoms with Crippen LogP contribution in [0.15, 0.2) is 23.2 Å². The Morgan fingerprint density at radius 3 is 2.50 bits per heavy atom. The molecule has 11 heteroatoms. The van der Waals surface area contributed by atoms with Gasteiger partial charge in [-0.3, -0.25) is 4.90 Å². The van der Waals surface area contributed by atoms with Gasteiger partial charge in [0.25, 0.3) is 0 Å². The van der Waals surface area contributed by atoms with Crippen molar-refractivity contribution in [2.24, 2.45) is 5.92 Å². The smallest absolute Gasteiger partial charge is 0.370 e. The summed E-state index contributed by atoms with van der Waals surface area (Å²) in [6.07, 6.45) is -2.14. The van der Waals surface area contributed by atoms with Gasteiger partial charge in [-0.1, -0.05) is 0 Å². The normalized spacial score (nSPS) is 23.2. The van der Waals surface area contributed by atoms with Crippen molar-refractivity contribution in [1.29, 1.82) is 0 Å². The zero-order valence-electron chi connectivity index (χ0n) is 15.8. The molecule has 7 nitrogen and oxygen atoms in total. The second-order valence-electron chi connectivity index (χ2n) is 7.47. The Hall–Kier alpha value is -1.43. The van der Waals surface area contributed by atoms with Crippen molar-refractivity contribution in [1.82, 2.24) is 19.1 Å². The number of aromatic nitrogens is 1. The molecule has 0 bridgehead atoms. The molecule has 0 aliphatic carbocycles.